The van der Waals surface area contributed by atoms with Crippen molar-refractivity contribution in [3.8, 4) is 0 Å². The van der Waals surface area contributed by atoms with E-state index in [0.717, 1.165) is 10.4 Å². The molecule has 2 aromatic rings. The third-order valence-corrected chi connectivity index (χ3v) is 3.97. The maximum atomic E-state index is 9.05. The fourth-order valence-electron chi connectivity index (χ4n) is 2.36. The summed E-state index contributed by atoms with van der Waals surface area (Å²) in [7, 11) is 0. The number of hydrogen-bond acceptors (Lipinski definition) is 2. The third kappa shape index (κ3) is 7.42. The van der Waals surface area contributed by atoms with Crippen molar-refractivity contribution in [2.45, 2.75) is 66.2 Å². The molecule has 2 aromatic heterocycles. The average Bonchev–Trinajstić information content (AvgIpc) is 2.73. The number of carbonyl (C=O) groups excluding carboxylic acids is 1. The van der Waals surface area contributed by atoms with Gasteiger partial charge >= 0.3 is 31.1 Å². The summed E-state index contributed by atoms with van der Waals surface area (Å²) >= 11 is 3.52. The number of nitrogens with zero attached hydrogens (tertiary/aromatic N) is 2. The summed E-state index contributed by atoms with van der Waals surface area (Å²) in [5.41, 5.74) is 3.92. The van der Waals surface area contributed by atoms with Crippen LogP contribution in [0.2, 0.25) is 0 Å². The van der Waals surface area contributed by atoms with E-state index in [1.54, 1.807) is 13.2 Å². The predicted octanol–water partition coefficient (Wildman–Crippen LogP) is 5.80. The average molecular weight is 617 g/mol. The van der Waals surface area contributed by atoms with E-state index in [9.17, 15) is 0 Å². The van der Waals surface area contributed by atoms with Crippen molar-refractivity contribution in [1.82, 2.24) is 9.61 Å². The second-order valence-electron chi connectivity index (χ2n) is 6.30. The van der Waals surface area contributed by atoms with Crippen LogP contribution in [0.1, 0.15) is 70.6 Å². The number of aryl methyl sites for hydroxylation is 1. The number of fused-ring (bicyclic) bond motifs is 1. The van der Waals surface area contributed by atoms with Crippen LogP contribution in [0, 0.1) is 44.0 Å². The van der Waals surface area contributed by atoms with Crippen LogP contribution >= 0.6 is 15.9 Å². The summed E-state index contributed by atoms with van der Waals surface area (Å²) in [6.45, 7) is 10.1. The third-order valence-electron chi connectivity index (χ3n) is 3.48. The minimum Gasteiger partial charge on any atom is -0.542 e. The van der Waals surface area contributed by atoms with Gasteiger partial charge in [0.25, 0.3) is 0 Å². The van der Waals surface area contributed by atoms with Crippen molar-refractivity contribution in [2.24, 2.45) is 0 Å². The molecule has 3 rings (SSSR count). The number of rotatable bonds is 2. The van der Waals surface area contributed by atoms with Gasteiger partial charge in [-0.05, 0) is 37.8 Å². The molecule has 0 aliphatic heterocycles. The summed E-state index contributed by atoms with van der Waals surface area (Å²) < 4.78 is 3.13. The SMILES string of the molecule is CC[C-]=O.C[C-](C)C.Cc1nn2ccc(Br)cc2c1C1CCC1.[U+2]. The molecule has 0 bridgehead atoms. The predicted molar refractivity (Wildman–Crippen MR) is 100 cm³/mol. The smallest absolute Gasteiger partial charge is 0.542 e. The van der Waals surface area contributed by atoms with Crippen LogP contribution < -0.4 is 0 Å². The summed E-state index contributed by atoms with van der Waals surface area (Å²) in [5.74, 6) is 2.16. The molecule has 0 N–H and O–H groups in total. The van der Waals surface area contributed by atoms with Crippen LogP contribution in [0.5, 0.6) is 0 Å². The van der Waals surface area contributed by atoms with E-state index in [2.05, 4.69) is 54.8 Å². The Labute approximate surface area is 178 Å². The molecule has 2 heterocycles. The van der Waals surface area contributed by atoms with Gasteiger partial charge in [-0.2, -0.15) is 32.3 Å². The van der Waals surface area contributed by atoms with Gasteiger partial charge in [0.1, 0.15) is 0 Å². The zero-order valence-electron chi connectivity index (χ0n) is 15.3. The quantitative estimate of drug-likeness (QED) is 0.400. The van der Waals surface area contributed by atoms with Crippen LogP contribution in [0.15, 0.2) is 22.8 Å². The van der Waals surface area contributed by atoms with Crippen molar-refractivity contribution in [3.63, 3.8) is 0 Å². The second kappa shape index (κ2) is 12.3. The molecule has 1 fully saturated rings. The Bertz CT molecular complexity index is 618. The molecule has 1 aliphatic carbocycles. The Balaban J connectivity index is 0.000000503. The van der Waals surface area contributed by atoms with Crippen molar-refractivity contribution in [1.29, 1.82) is 0 Å². The zero-order valence-corrected chi connectivity index (χ0v) is 21.1. The Morgan fingerprint density at radius 1 is 1.38 bits per heavy atom. The van der Waals surface area contributed by atoms with E-state index < -0.39 is 0 Å². The monoisotopic (exact) mass is 616 g/mol. The molecule has 5 heteroatoms. The first kappa shape index (κ1) is 23.9. The van der Waals surface area contributed by atoms with Crippen LogP contribution in [-0.2, 0) is 4.79 Å². The molecule has 24 heavy (non-hydrogen) atoms. The molecule has 3 nitrogen and oxygen atoms in total. The van der Waals surface area contributed by atoms with Gasteiger partial charge in [0, 0.05) is 16.2 Å². The number of hydrogen-bond donors (Lipinski definition) is 0. The fourth-order valence-corrected chi connectivity index (χ4v) is 2.69. The summed E-state index contributed by atoms with van der Waals surface area (Å²) in [6.07, 6.45) is 8.24. The Morgan fingerprint density at radius 3 is 2.33 bits per heavy atom. The van der Waals surface area contributed by atoms with Gasteiger partial charge in [-0.1, -0.05) is 29.3 Å². The van der Waals surface area contributed by atoms with Crippen LogP contribution in [0.3, 0.4) is 0 Å². The molecular formula is C19H27BrN2OU. The minimum atomic E-state index is 0. The van der Waals surface area contributed by atoms with Gasteiger partial charge in [0.2, 0.25) is 0 Å². The molecule has 0 atom stereocenters. The fraction of sp³-hybridized carbons (Fsp3) is 0.526. The Morgan fingerprint density at radius 2 is 1.92 bits per heavy atom. The van der Waals surface area contributed by atoms with E-state index in [4.69, 9.17) is 4.79 Å². The van der Waals surface area contributed by atoms with Crippen LogP contribution in [0.4, 0.5) is 0 Å². The Kier molecular flexibility index (Phi) is 12.2. The van der Waals surface area contributed by atoms with Crippen molar-refractivity contribution >= 4 is 27.7 Å². The minimum absolute atomic E-state index is 0. The largest absolute Gasteiger partial charge is 2.00 e. The first-order chi connectivity index (χ1) is 10.9. The second-order valence-corrected chi connectivity index (χ2v) is 7.22. The summed E-state index contributed by atoms with van der Waals surface area (Å²) in [4.78, 5) is 9.05. The van der Waals surface area contributed by atoms with Crippen molar-refractivity contribution in [3.05, 3.63) is 40.0 Å². The van der Waals surface area contributed by atoms with E-state index in [0.29, 0.717) is 6.42 Å². The molecular weight excluding hydrogens is 590 g/mol. The van der Waals surface area contributed by atoms with Crippen LogP contribution in [0.25, 0.3) is 5.52 Å². The molecule has 0 radical (unpaired) electrons. The molecule has 1 saturated carbocycles. The van der Waals surface area contributed by atoms with E-state index in [1.807, 2.05) is 16.8 Å². The number of halogens is 1. The van der Waals surface area contributed by atoms with Gasteiger partial charge < -0.3 is 10.7 Å². The number of pyridine rings is 1. The standard InChI is InChI=1S/C12H13BrN2.C4H9.C3H5O.U/c1-8-12(9-3-2-4-9)11-7-10(13)5-6-15(11)14-8;1-4(2)3;1-2-3-4;/h5-7,9H,2-4H2,1H3;1-3H3;2H2,1H3;/q;2*-1;+2. The van der Waals surface area contributed by atoms with Crippen molar-refractivity contribution in [2.75, 3.05) is 0 Å². The molecule has 130 valence electrons. The van der Waals surface area contributed by atoms with Crippen LogP contribution in [-0.4, -0.2) is 15.9 Å². The van der Waals surface area contributed by atoms with Gasteiger partial charge in [0.05, 0.1) is 11.2 Å². The molecule has 0 saturated heterocycles. The van der Waals surface area contributed by atoms with Gasteiger partial charge in [0.15, 0.2) is 0 Å². The number of aromatic nitrogens is 2. The zero-order chi connectivity index (χ0) is 17.4. The first-order valence-electron chi connectivity index (χ1n) is 8.16. The molecule has 1 aliphatic rings. The molecule has 0 aromatic carbocycles. The van der Waals surface area contributed by atoms with Gasteiger partial charge in [-0.15, -0.1) is 0 Å². The molecule has 0 unspecified atom stereocenters. The van der Waals surface area contributed by atoms with E-state index >= 15 is 0 Å². The topological polar surface area (TPSA) is 34.4 Å². The molecule has 0 spiro atoms. The van der Waals surface area contributed by atoms with E-state index in [1.165, 1.54) is 42.0 Å². The van der Waals surface area contributed by atoms with Gasteiger partial charge in [-0.3, -0.25) is 6.29 Å². The summed E-state index contributed by atoms with van der Waals surface area (Å²) in [5, 5.41) is 4.55. The maximum Gasteiger partial charge on any atom is 2.00 e. The maximum absolute atomic E-state index is 9.05. The van der Waals surface area contributed by atoms with Crippen molar-refractivity contribution < 1.29 is 35.9 Å². The first-order valence-corrected chi connectivity index (χ1v) is 8.96. The Hall–Kier alpha value is -0.108. The summed E-state index contributed by atoms with van der Waals surface area (Å²) in [6, 6.07) is 4.21. The van der Waals surface area contributed by atoms with Gasteiger partial charge in [-0.25, -0.2) is 4.52 Å². The van der Waals surface area contributed by atoms with E-state index in [-0.39, 0.29) is 31.1 Å². The normalized spacial score (nSPS) is 13.1. The molecule has 0 amide bonds.